The number of anilines is 1. The van der Waals surface area contributed by atoms with Gasteiger partial charge in [-0.25, -0.2) is 13.6 Å². The van der Waals surface area contributed by atoms with Crippen molar-refractivity contribution in [2.75, 3.05) is 37.4 Å². The van der Waals surface area contributed by atoms with Crippen LogP contribution in [0.15, 0.2) is 27.9 Å². The second-order valence-electron chi connectivity index (χ2n) is 9.77. The van der Waals surface area contributed by atoms with Crippen molar-refractivity contribution in [1.29, 1.82) is 0 Å². The van der Waals surface area contributed by atoms with Crippen LogP contribution in [0.3, 0.4) is 0 Å². The molecule has 2 aliphatic rings. The number of amides is 1. The van der Waals surface area contributed by atoms with Crippen LogP contribution in [-0.4, -0.2) is 65.0 Å². The topological polar surface area (TPSA) is 67.7 Å². The molecule has 1 fully saturated rings. The summed E-state index contributed by atoms with van der Waals surface area (Å²) in [7, 11) is 1.42. The van der Waals surface area contributed by atoms with Gasteiger partial charge < -0.3 is 14.5 Å². The second kappa shape index (κ2) is 10.5. The van der Waals surface area contributed by atoms with E-state index in [2.05, 4.69) is 4.98 Å². The van der Waals surface area contributed by atoms with Gasteiger partial charge in [-0.15, -0.1) is 11.8 Å². The molecule has 7 nitrogen and oxygen atoms in total. The third-order valence-corrected chi connectivity index (χ3v) is 8.78. The van der Waals surface area contributed by atoms with Gasteiger partial charge in [0.05, 0.1) is 28.8 Å². The zero-order valence-electron chi connectivity index (χ0n) is 21.6. The number of thioether (sulfide) groups is 1. The summed E-state index contributed by atoms with van der Waals surface area (Å²) >= 11 is 6.88. The molecule has 40 heavy (non-hydrogen) atoms. The number of aromatic nitrogens is 2. The number of alkyl halides is 3. The van der Waals surface area contributed by atoms with Crippen LogP contribution < -0.4 is 10.6 Å². The van der Waals surface area contributed by atoms with Crippen molar-refractivity contribution < 1.29 is 31.5 Å². The number of carbonyl (C=O) groups is 1. The van der Waals surface area contributed by atoms with Crippen molar-refractivity contribution >= 4 is 46.0 Å². The maximum Gasteiger partial charge on any atom is 0.417 e. The highest BCUT2D eigenvalue weighted by Crippen LogP contribution is 2.49. The average molecular weight is 603 g/mol. The Bertz CT molecular complexity index is 1580. The first kappa shape index (κ1) is 28.6. The lowest BCUT2D eigenvalue weighted by Gasteiger charge is -2.40. The number of carbonyl (C=O) groups excluding carboxylic acids is 1. The molecule has 2 aromatic carbocycles. The summed E-state index contributed by atoms with van der Waals surface area (Å²) in [6.07, 6.45) is -5.52. The maximum absolute atomic E-state index is 15.1. The minimum Gasteiger partial charge on any atom is -0.379 e. The fraction of sp³-hybridized carbons (Fsp3) is 0.423. The number of methoxy groups -OCH3 is 1. The van der Waals surface area contributed by atoms with Gasteiger partial charge in [0, 0.05) is 72.9 Å². The fourth-order valence-corrected chi connectivity index (χ4v) is 6.74. The lowest BCUT2D eigenvalue weighted by Crippen LogP contribution is -2.54. The van der Waals surface area contributed by atoms with Gasteiger partial charge in [0.2, 0.25) is 5.91 Å². The minimum absolute atomic E-state index is 0.00421. The van der Waals surface area contributed by atoms with E-state index in [-0.39, 0.29) is 52.4 Å². The highest BCUT2D eigenvalue weighted by atomic mass is 35.5. The molecule has 0 radical (unpaired) electrons. The van der Waals surface area contributed by atoms with Crippen LogP contribution >= 0.6 is 23.4 Å². The lowest BCUT2D eigenvalue weighted by atomic mass is 9.95. The van der Waals surface area contributed by atoms with Crippen molar-refractivity contribution in [1.82, 2.24) is 14.5 Å². The van der Waals surface area contributed by atoms with Crippen LogP contribution in [0, 0.1) is 11.6 Å². The monoisotopic (exact) mass is 602 g/mol. The Morgan fingerprint density at radius 1 is 1.15 bits per heavy atom. The van der Waals surface area contributed by atoms with Gasteiger partial charge >= 0.3 is 11.9 Å². The smallest absolute Gasteiger partial charge is 0.379 e. The third kappa shape index (κ3) is 4.92. The summed E-state index contributed by atoms with van der Waals surface area (Å²) in [5.41, 5.74) is -2.83. The van der Waals surface area contributed by atoms with E-state index in [0.29, 0.717) is 19.2 Å². The van der Waals surface area contributed by atoms with Gasteiger partial charge in [-0.1, -0.05) is 11.6 Å². The molecule has 0 spiro atoms. The van der Waals surface area contributed by atoms with E-state index in [1.165, 1.54) is 18.6 Å². The van der Waals surface area contributed by atoms with Gasteiger partial charge in [-0.05, 0) is 19.1 Å². The van der Waals surface area contributed by atoms with Crippen molar-refractivity contribution in [3.05, 3.63) is 50.9 Å². The van der Waals surface area contributed by atoms with Gasteiger partial charge in [0.1, 0.15) is 17.5 Å². The SMILES string of the molecule is CO[C@@H]1CSc2c(-c3cc(Cl)c(F)cc3F)c(C(F)(F)F)cc3c(N4CCN(C(C)=O)C[C@@H]4C)nc(=O)n(c23)C1. The Kier molecular flexibility index (Phi) is 7.51. The first-order valence-electron chi connectivity index (χ1n) is 12.3. The van der Waals surface area contributed by atoms with Crippen molar-refractivity contribution in [3.8, 4) is 11.1 Å². The molecule has 14 heteroatoms. The summed E-state index contributed by atoms with van der Waals surface area (Å²) in [6.45, 7) is 4.05. The van der Waals surface area contributed by atoms with Gasteiger partial charge in [0.25, 0.3) is 0 Å². The third-order valence-electron chi connectivity index (χ3n) is 7.26. The Balaban J connectivity index is 1.88. The maximum atomic E-state index is 15.1. The highest BCUT2D eigenvalue weighted by Gasteiger charge is 2.40. The predicted molar refractivity (Wildman–Crippen MR) is 142 cm³/mol. The Labute approximate surface area is 234 Å². The van der Waals surface area contributed by atoms with Crippen molar-refractivity contribution in [2.24, 2.45) is 0 Å². The number of ether oxygens (including phenoxy) is 1. The van der Waals surface area contributed by atoms with E-state index in [4.69, 9.17) is 16.3 Å². The summed E-state index contributed by atoms with van der Waals surface area (Å²) in [4.78, 5) is 32.9. The zero-order chi connectivity index (χ0) is 29.1. The fourth-order valence-electron chi connectivity index (χ4n) is 5.26. The standard InChI is InChI=1S/C26H24ClF5N4O3S/c1-12-9-34(13(2)37)4-5-35(12)24-16-6-17(26(30,31)32)21(15-7-18(27)20(29)8-19(15)28)23-22(16)36(25(38)33-24)10-14(39-3)11-40-23/h6-8,12,14H,4-5,9-11H2,1-3H3/t12-,14-/m0/s1. The molecule has 0 saturated carbocycles. The molecule has 0 bridgehead atoms. The molecule has 0 unspecified atom stereocenters. The molecular formula is C26H24ClF5N4O3S. The zero-order valence-corrected chi connectivity index (χ0v) is 23.2. The first-order chi connectivity index (χ1) is 18.8. The molecule has 214 valence electrons. The van der Waals surface area contributed by atoms with Crippen molar-refractivity contribution in [2.45, 2.75) is 43.6 Å². The molecule has 3 aromatic rings. The molecule has 0 N–H and O–H groups in total. The van der Waals surface area contributed by atoms with E-state index in [1.54, 1.807) is 16.7 Å². The number of halogens is 6. The number of benzene rings is 2. The normalized spacial score (nSPS) is 19.7. The molecule has 0 aliphatic carbocycles. The summed E-state index contributed by atoms with van der Waals surface area (Å²) in [5, 5.41) is -0.498. The molecular weight excluding hydrogens is 579 g/mol. The van der Waals surface area contributed by atoms with Crippen LogP contribution in [0.5, 0.6) is 0 Å². The Hall–Kier alpha value is -2.90. The number of hydrogen-bond acceptors (Lipinski definition) is 6. The largest absolute Gasteiger partial charge is 0.417 e. The molecule has 2 atom stereocenters. The minimum atomic E-state index is -4.96. The summed E-state index contributed by atoms with van der Waals surface area (Å²) < 4.78 is 80.0. The Morgan fingerprint density at radius 3 is 2.50 bits per heavy atom. The predicted octanol–water partition coefficient (Wildman–Crippen LogP) is 5.19. The van der Waals surface area contributed by atoms with E-state index < -0.39 is 51.3 Å². The second-order valence-corrected chi connectivity index (χ2v) is 11.2. The first-order valence-corrected chi connectivity index (χ1v) is 13.7. The molecule has 1 saturated heterocycles. The number of hydrogen-bond donors (Lipinski definition) is 0. The molecule has 2 aliphatic heterocycles. The van der Waals surface area contributed by atoms with Gasteiger partial charge in [-0.2, -0.15) is 18.2 Å². The van der Waals surface area contributed by atoms with Crippen LogP contribution in [0.1, 0.15) is 19.4 Å². The van der Waals surface area contributed by atoms with Crippen LogP contribution in [0.2, 0.25) is 5.02 Å². The molecule has 1 aromatic heterocycles. The van der Waals surface area contributed by atoms with Crippen molar-refractivity contribution in [3.63, 3.8) is 0 Å². The number of rotatable bonds is 3. The Morgan fingerprint density at radius 2 is 1.88 bits per heavy atom. The highest BCUT2D eigenvalue weighted by molar-refractivity contribution is 7.99. The molecule has 5 rings (SSSR count). The summed E-state index contributed by atoms with van der Waals surface area (Å²) in [5.74, 6) is -2.29. The lowest BCUT2D eigenvalue weighted by molar-refractivity contribution is -0.137. The number of piperazine rings is 1. The average Bonchev–Trinajstić information content (AvgIpc) is 3.08. The number of nitrogens with zero attached hydrogens (tertiary/aromatic N) is 4. The van der Waals surface area contributed by atoms with Gasteiger partial charge in [0.15, 0.2) is 0 Å². The molecule has 1 amide bonds. The van der Waals surface area contributed by atoms with Crippen LogP contribution in [0.25, 0.3) is 22.0 Å². The van der Waals surface area contributed by atoms with Crippen LogP contribution in [0.4, 0.5) is 27.8 Å². The van der Waals surface area contributed by atoms with Gasteiger partial charge in [-0.3, -0.25) is 9.36 Å². The molecule has 3 heterocycles. The van der Waals surface area contributed by atoms with Crippen LogP contribution in [-0.2, 0) is 22.3 Å². The van der Waals surface area contributed by atoms with E-state index in [1.807, 2.05) is 0 Å². The van der Waals surface area contributed by atoms with E-state index >= 15 is 4.39 Å². The quantitative estimate of drug-likeness (QED) is 0.304. The van der Waals surface area contributed by atoms with E-state index in [0.717, 1.165) is 23.9 Å². The van der Waals surface area contributed by atoms with E-state index in [9.17, 15) is 27.2 Å². The summed E-state index contributed by atoms with van der Waals surface area (Å²) in [6, 6.07) is 1.77.